The van der Waals surface area contributed by atoms with Gasteiger partial charge in [0, 0.05) is 62.4 Å². The van der Waals surface area contributed by atoms with Gasteiger partial charge in [0.2, 0.25) is 5.91 Å². The summed E-state index contributed by atoms with van der Waals surface area (Å²) in [5.41, 5.74) is 2.19. The van der Waals surface area contributed by atoms with Crippen LogP contribution in [0.25, 0.3) is 5.69 Å². The second-order valence-corrected chi connectivity index (χ2v) is 9.44. The summed E-state index contributed by atoms with van der Waals surface area (Å²) < 4.78 is 40.3. The standard InChI is InChI=1S/C28H33F3N4O/c1-2-34(18-13-25-5-3-4-14-32-25)27(36)19-22-10-15-33(16-11-22)20-23-12-17-35(21-23)26-8-6-24(7-9-26)28(29,30)31/h3-9,12,14,17,21-22H,2,10-11,13,15-16,18-20H2,1H3. The van der Waals surface area contributed by atoms with Crippen LogP contribution in [0.4, 0.5) is 13.2 Å². The van der Waals surface area contributed by atoms with Gasteiger partial charge in [-0.2, -0.15) is 13.2 Å². The summed E-state index contributed by atoms with van der Waals surface area (Å²) >= 11 is 0. The molecule has 192 valence electrons. The molecule has 3 aromatic rings. The van der Waals surface area contributed by atoms with E-state index in [1.807, 2.05) is 53.0 Å². The lowest BCUT2D eigenvalue weighted by molar-refractivity contribution is -0.137. The first-order valence-electron chi connectivity index (χ1n) is 12.6. The van der Waals surface area contributed by atoms with Crippen LogP contribution in [0.5, 0.6) is 0 Å². The summed E-state index contributed by atoms with van der Waals surface area (Å²) in [7, 11) is 0. The highest BCUT2D eigenvalue weighted by atomic mass is 19.4. The van der Waals surface area contributed by atoms with Crippen LogP contribution in [0.1, 0.15) is 43.0 Å². The predicted molar refractivity (Wildman–Crippen MR) is 134 cm³/mol. The zero-order chi connectivity index (χ0) is 25.5. The number of nitrogens with zero attached hydrogens (tertiary/aromatic N) is 4. The topological polar surface area (TPSA) is 41.4 Å². The van der Waals surface area contributed by atoms with Gasteiger partial charge in [-0.1, -0.05) is 6.07 Å². The van der Waals surface area contributed by atoms with Crippen LogP contribution < -0.4 is 0 Å². The van der Waals surface area contributed by atoms with E-state index >= 15 is 0 Å². The summed E-state index contributed by atoms with van der Waals surface area (Å²) in [6, 6.07) is 13.1. The summed E-state index contributed by atoms with van der Waals surface area (Å²) in [6.45, 7) is 6.09. The van der Waals surface area contributed by atoms with E-state index in [9.17, 15) is 18.0 Å². The molecule has 0 spiro atoms. The number of likely N-dealkylation sites (N-methyl/N-ethyl adjacent to an activating group) is 1. The van der Waals surface area contributed by atoms with Gasteiger partial charge in [0.05, 0.1) is 5.56 Å². The number of aromatic nitrogens is 2. The minimum atomic E-state index is -4.33. The van der Waals surface area contributed by atoms with E-state index in [1.54, 1.807) is 6.20 Å². The molecular weight excluding hydrogens is 465 g/mol. The number of carbonyl (C=O) groups is 1. The number of amides is 1. The predicted octanol–water partition coefficient (Wildman–Crippen LogP) is 5.58. The van der Waals surface area contributed by atoms with Crippen LogP contribution in [-0.2, 0) is 23.9 Å². The Labute approximate surface area is 210 Å². The van der Waals surface area contributed by atoms with Crippen molar-refractivity contribution in [3.8, 4) is 5.69 Å². The van der Waals surface area contributed by atoms with Crippen LogP contribution in [0.2, 0.25) is 0 Å². The van der Waals surface area contributed by atoms with E-state index < -0.39 is 11.7 Å². The summed E-state index contributed by atoms with van der Waals surface area (Å²) in [5, 5.41) is 0. The van der Waals surface area contributed by atoms with Crippen LogP contribution in [-0.4, -0.2) is 51.4 Å². The van der Waals surface area contributed by atoms with Gasteiger partial charge in [-0.25, -0.2) is 0 Å². The highest BCUT2D eigenvalue weighted by Gasteiger charge is 2.30. The Morgan fingerprint density at radius 2 is 1.83 bits per heavy atom. The molecule has 8 heteroatoms. The molecule has 0 N–H and O–H groups in total. The molecular formula is C28H33F3N4O. The van der Waals surface area contributed by atoms with Crippen molar-refractivity contribution in [2.75, 3.05) is 26.2 Å². The third kappa shape index (κ3) is 6.97. The molecule has 0 unspecified atom stereocenters. The van der Waals surface area contributed by atoms with Gasteiger partial charge in [-0.15, -0.1) is 0 Å². The maximum atomic E-state index is 12.9. The number of hydrogen-bond acceptors (Lipinski definition) is 3. The molecule has 0 saturated carbocycles. The molecule has 1 saturated heterocycles. The fraction of sp³-hybridized carbons (Fsp3) is 0.429. The molecule has 3 heterocycles. The van der Waals surface area contributed by atoms with Gasteiger partial charge in [-0.3, -0.25) is 14.7 Å². The second kappa shape index (κ2) is 11.7. The van der Waals surface area contributed by atoms with Crippen molar-refractivity contribution in [1.82, 2.24) is 19.4 Å². The number of piperidine rings is 1. The van der Waals surface area contributed by atoms with Crippen molar-refractivity contribution in [2.24, 2.45) is 5.92 Å². The number of benzene rings is 1. The molecule has 1 aromatic carbocycles. The van der Waals surface area contributed by atoms with E-state index in [0.29, 0.717) is 31.1 Å². The average Bonchev–Trinajstić information content (AvgIpc) is 3.34. The lowest BCUT2D eigenvalue weighted by Crippen LogP contribution is -2.37. The molecule has 0 bridgehead atoms. The van der Waals surface area contributed by atoms with Crippen molar-refractivity contribution in [3.05, 3.63) is 83.9 Å². The Morgan fingerprint density at radius 3 is 2.47 bits per heavy atom. The lowest BCUT2D eigenvalue weighted by atomic mass is 9.92. The Bertz CT molecular complexity index is 1100. The molecule has 2 aromatic heterocycles. The number of alkyl halides is 3. The Hall–Kier alpha value is -3.13. The third-order valence-corrected chi connectivity index (χ3v) is 6.92. The molecule has 1 aliphatic rings. The number of likely N-dealkylation sites (tertiary alicyclic amines) is 1. The Kier molecular flexibility index (Phi) is 8.46. The van der Waals surface area contributed by atoms with E-state index in [2.05, 4.69) is 9.88 Å². The number of hydrogen-bond donors (Lipinski definition) is 0. The molecule has 0 aliphatic carbocycles. The summed E-state index contributed by atoms with van der Waals surface area (Å²) in [5.74, 6) is 0.620. The molecule has 36 heavy (non-hydrogen) atoms. The van der Waals surface area contributed by atoms with E-state index in [0.717, 1.165) is 62.3 Å². The van der Waals surface area contributed by atoms with Gasteiger partial charge in [0.15, 0.2) is 0 Å². The summed E-state index contributed by atoms with van der Waals surface area (Å²) in [6.07, 6.45) is 4.65. The largest absolute Gasteiger partial charge is 0.416 e. The zero-order valence-corrected chi connectivity index (χ0v) is 20.6. The Balaban J connectivity index is 1.22. The van der Waals surface area contributed by atoms with Crippen molar-refractivity contribution >= 4 is 5.91 Å². The zero-order valence-electron chi connectivity index (χ0n) is 20.6. The molecule has 4 rings (SSSR count). The SMILES string of the molecule is CCN(CCc1ccccn1)C(=O)CC1CCN(Cc2ccn(-c3ccc(C(F)(F)F)cc3)c2)CC1. The van der Waals surface area contributed by atoms with Gasteiger partial charge < -0.3 is 9.47 Å². The van der Waals surface area contributed by atoms with Gasteiger partial charge >= 0.3 is 6.18 Å². The highest BCUT2D eigenvalue weighted by molar-refractivity contribution is 5.76. The second-order valence-electron chi connectivity index (χ2n) is 9.44. The smallest absolute Gasteiger partial charge is 0.343 e. The molecule has 1 amide bonds. The van der Waals surface area contributed by atoms with Crippen molar-refractivity contribution < 1.29 is 18.0 Å². The first-order valence-corrected chi connectivity index (χ1v) is 12.6. The highest BCUT2D eigenvalue weighted by Crippen LogP contribution is 2.30. The maximum absolute atomic E-state index is 12.9. The van der Waals surface area contributed by atoms with Crippen molar-refractivity contribution in [3.63, 3.8) is 0 Å². The fourth-order valence-electron chi connectivity index (χ4n) is 4.76. The van der Waals surface area contributed by atoms with E-state index in [4.69, 9.17) is 0 Å². The minimum Gasteiger partial charge on any atom is -0.343 e. The first kappa shape index (κ1) is 25.9. The van der Waals surface area contributed by atoms with Crippen molar-refractivity contribution in [1.29, 1.82) is 0 Å². The number of pyridine rings is 1. The molecule has 1 aliphatic heterocycles. The first-order chi connectivity index (χ1) is 17.3. The number of rotatable bonds is 9. The number of halogens is 3. The lowest BCUT2D eigenvalue weighted by Gasteiger charge is -2.32. The normalized spacial score (nSPS) is 15.2. The quantitative estimate of drug-likeness (QED) is 0.387. The van der Waals surface area contributed by atoms with Gasteiger partial charge in [0.25, 0.3) is 0 Å². The fourth-order valence-corrected chi connectivity index (χ4v) is 4.76. The monoisotopic (exact) mass is 498 g/mol. The van der Waals surface area contributed by atoms with Gasteiger partial charge in [-0.05, 0) is 86.8 Å². The molecule has 0 radical (unpaired) electrons. The molecule has 0 atom stereocenters. The molecule has 1 fully saturated rings. The van der Waals surface area contributed by atoms with Gasteiger partial charge in [0.1, 0.15) is 0 Å². The van der Waals surface area contributed by atoms with E-state index in [1.165, 1.54) is 12.1 Å². The van der Waals surface area contributed by atoms with Crippen LogP contribution in [0, 0.1) is 5.92 Å². The summed E-state index contributed by atoms with van der Waals surface area (Å²) in [4.78, 5) is 21.5. The molecule has 5 nitrogen and oxygen atoms in total. The average molecular weight is 499 g/mol. The van der Waals surface area contributed by atoms with Crippen LogP contribution >= 0.6 is 0 Å². The minimum absolute atomic E-state index is 0.223. The maximum Gasteiger partial charge on any atom is 0.416 e. The third-order valence-electron chi connectivity index (χ3n) is 6.92. The Morgan fingerprint density at radius 1 is 1.08 bits per heavy atom. The number of carbonyl (C=O) groups excluding carboxylic acids is 1. The van der Waals surface area contributed by atoms with Crippen LogP contribution in [0.3, 0.4) is 0 Å². The van der Waals surface area contributed by atoms with Crippen LogP contribution in [0.15, 0.2) is 67.1 Å². The van der Waals surface area contributed by atoms with Crippen molar-refractivity contribution in [2.45, 2.75) is 45.3 Å². The van der Waals surface area contributed by atoms with E-state index in [-0.39, 0.29) is 5.91 Å².